The number of hydrogen-bond donors (Lipinski definition) is 3. The molecule has 166 valence electrons. The van der Waals surface area contributed by atoms with Gasteiger partial charge in [-0.3, -0.25) is 4.79 Å². The van der Waals surface area contributed by atoms with Crippen LogP contribution >= 0.6 is 0 Å². The summed E-state index contributed by atoms with van der Waals surface area (Å²) in [4.78, 5) is 35.9. The molecule has 31 heavy (non-hydrogen) atoms. The fourth-order valence-electron chi connectivity index (χ4n) is 3.23. The number of amides is 3. The molecule has 0 aliphatic heterocycles. The van der Waals surface area contributed by atoms with Crippen LogP contribution in [0.1, 0.15) is 43.5 Å². The monoisotopic (exact) mass is 425 g/mol. The molecule has 2 atom stereocenters. The number of ether oxygens (including phenoxy) is 1. The van der Waals surface area contributed by atoms with E-state index in [-0.39, 0.29) is 12.5 Å². The summed E-state index contributed by atoms with van der Waals surface area (Å²) in [6.45, 7) is 5.76. The fraction of sp³-hybridized carbons (Fsp3) is 0.375. The molecule has 0 saturated carbocycles. The van der Waals surface area contributed by atoms with Crippen LogP contribution in [-0.2, 0) is 27.2 Å². The largest absolute Gasteiger partial charge is 0.454 e. The first-order chi connectivity index (χ1) is 14.7. The zero-order valence-corrected chi connectivity index (χ0v) is 18.3. The predicted octanol–water partition coefficient (Wildman–Crippen LogP) is 2.89. The molecule has 0 aliphatic rings. The molecule has 0 spiro atoms. The molecule has 2 aromatic rings. The Balaban J connectivity index is 1.87. The Labute approximate surface area is 183 Å². The summed E-state index contributed by atoms with van der Waals surface area (Å²) < 4.78 is 5.12. The van der Waals surface area contributed by atoms with E-state index in [1.807, 2.05) is 49.4 Å². The number of carbonyl (C=O) groups is 3. The highest BCUT2D eigenvalue weighted by molar-refractivity contribution is 5.85. The van der Waals surface area contributed by atoms with Gasteiger partial charge >= 0.3 is 12.0 Å². The van der Waals surface area contributed by atoms with Gasteiger partial charge in [0, 0.05) is 6.42 Å². The molecule has 0 fully saturated rings. The Hall–Kier alpha value is -3.35. The van der Waals surface area contributed by atoms with Crippen LogP contribution in [0.3, 0.4) is 0 Å². The van der Waals surface area contributed by atoms with Gasteiger partial charge in [-0.25, -0.2) is 9.59 Å². The van der Waals surface area contributed by atoms with Crippen LogP contribution in [0.15, 0.2) is 54.6 Å². The second-order valence-electron chi connectivity index (χ2n) is 7.99. The summed E-state index contributed by atoms with van der Waals surface area (Å²) in [5, 5.41) is 5.18. The normalized spacial score (nSPS) is 12.6. The summed E-state index contributed by atoms with van der Waals surface area (Å²) in [5.41, 5.74) is 8.21. The van der Waals surface area contributed by atoms with Gasteiger partial charge in [-0.15, -0.1) is 0 Å². The maximum absolute atomic E-state index is 12.4. The second-order valence-corrected chi connectivity index (χ2v) is 7.99. The molecule has 0 radical (unpaired) electrons. The third-order valence-electron chi connectivity index (χ3n) is 4.73. The number of carbonyl (C=O) groups excluding carboxylic acids is 3. The average Bonchev–Trinajstić information content (AvgIpc) is 2.72. The van der Waals surface area contributed by atoms with Crippen LogP contribution in [0.5, 0.6) is 0 Å². The van der Waals surface area contributed by atoms with E-state index in [1.165, 1.54) is 5.56 Å². The summed E-state index contributed by atoms with van der Waals surface area (Å²) in [6, 6.07) is 15.2. The summed E-state index contributed by atoms with van der Waals surface area (Å²) in [6.07, 6.45) is 1.21. The third-order valence-corrected chi connectivity index (χ3v) is 4.73. The molecule has 2 aromatic carbocycles. The molecule has 0 heterocycles. The number of hydrogen-bond acceptors (Lipinski definition) is 4. The Morgan fingerprint density at radius 3 is 2.06 bits per heavy atom. The predicted molar refractivity (Wildman–Crippen MR) is 119 cm³/mol. The lowest BCUT2D eigenvalue weighted by Crippen LogP contribution is -2.46. The molecule has 4 N–H and O–H groups in total. The van der Waals surface area contributed by atoms with Gasteiger partial charge in [0.15, 0.2) is 6.61 Å². The molecular weight excluding hydrogens is 394 g/mol. The van der Waals surface area contributed by atoms with Crippen molar-refractivity contribution < 1.29 is 19.1 Å². The maximum Gasteiger partial charge on any atom is 0.329 e. The summed E-state index contributed by atoms with van der Waals surface area (Å²) in [7, 11) is 0. The smallest absolute Gasteiger partial charge is 0.329 e. The van der Waals surface area contributed by atoms with E-state index >= 15 is 0 Å². The van der Waals surface area contributed by atoms with Crippen LogP contribution in [0, 0.1) is 5.92 Å². The molecular formula is C24H31N3O4. The molecule has 2 rings (SSSR count). The molecule has 3 amide bonds. The zero-order chi connectivity index (χ0) is 22.8. The van der Waals surface area contributed by atoms with Crippen molar-refractivity contribution in [1.29, 1.82) is 0 Å². The second kappa shape index (κ2) is 11.7. The van der Waals surface area contributed by atoms with E-state index in [1.54, 1.807) is 0 Å². The summed E-state index contributed by atoms with van der Waals surface area (Å²) in [5.74, 6) is -0.569. The van der Waals surface area contributed by atoms with Crippen LogP contribution in [0.2, 0.25) is 0 Å². The van der Waals surface area contributed by atoms with Gasteiger partial charge in [-0.05, 0) is 36.0 Å². The number of benzene rings is 2. The van der Waals surface area contributed by atoms with E-state index in [4.69, 9.17) is 10.5 Å². The highest BCUT2D eigenvalue weighted by Crippen LogP contribution is 2.15. The van der Waals surface area contributed by atoms with Crippen LogP contribution in [0.25, 0.3) is 0 Å². The van der Waals surface area contributed by atoms with Crippen LogP contribution in [-0.4, -0.2) is 30.6 Å². The number of esters is 1. The van der Waals surface area contributed by atoms with Crippen molar-refractivity contribution in [2.75, 3.05) is 6.61 Å². The number of nitrogens with two attached hydrogens (primary N) is 1. The van der Waals surface area contributed by atoms with Gasteiger partial charge in [0.05, 0.1) is 6.04 Å². The lowest BCUT2D eigenvalue weighted by Gasteiger charge is -2.18. The standard InChI is InChI=1S/C24H31N3O4/c1-16(2)13-19-9-11-20(12-10-19)17(3)26-22(28)15-31-23(29)21(27-24(25)30)14-18-7-5-4-6-8-18/h4-12,16-17,21H,13-15H2,1-3H3,(H,26,28)(H3,25,27,30)/t17-,21+/m1/s1. The van der Waals surface area contributed by atoms with Crippen LogP contribution < -0.4 is 16.4 Å². The molecule has 0 aromatic heterocycles. The lowest BCUT2D eigenvalue weighted by atomic mass is 10.00. The fourth-order valence-corrected chi connectivity index (χ4v) is 3.23. The Morgan fingerprint density at radius 1 is 0.871 bits per heavy atom. The number of urea groups is 1. The van der Waals surface area contributed by atoms with E-state index in [2.05, 4.69) is 36.6 Å². The van der Waals surface area contributed by atoms with Gasteiger partial charge in [-0.1, -0.05) is 68.4 Å². The number of nitrogens with one attached hydrogen (secondary N) is 2. The molecule has 7 heteroatoms. The minimum absolute atomic E-state index is 0.212. The third kappa shape index (κ3) is 8.50. The van der Waals surface area contributed by atoms with E-state index in [0.717, 1.165) is 17.5 Å². The van der Waals surface area contributed by atoms with Crippen molar-refractivity contribution in [3.8, 4) is 0 Å². The first-order valence-electron chi connectivity index (χ1n) is 10.4. The van der Waals surface area contributed by atoms with Gasteiger partial charge in [-0.2, -0.15) is 0 Å². The highest BCUT2D eigenvalue weighted by Gasteiger charge is 2.23. The average molecular weight is 426 g/mol. The van der Waals surface area contributed by atoms with E-state index < -0.39 is 30.6 Å². The van der Waals surface area contributed by atoms with Crippen molar-refractivity contribution in [1.82, 2.24) is 10.6 Å². The Kier molecular flexibility index (Phi) is 9.06. The zero-order valence-electron chi connectivity index (χ0n) is 18.3. The molecule has 0 bridgehead atoms. The SMILES string of the molecule is CC(C)Cc1ccc([C@@H](C)NC(=O)COC(=O)[C@H](Cc2ccccc2)NC(N)=O)cc1. The van der Waals surface area contributed by atoms with Gasteiger partial charge < -0.3 is 21.1 Å². The molecule has 0 saturated heterocycles. The Morgan fingerprint density at radius 2 is 1.48 bits per heavy atom. The van der Waals surface area contributed by atoms with Crippen molar-refractivity contribution in [2.45, 2.75) is 45.7 Å². The number of rotatable bonds is 10. The minimum Gasteiger partial charge on any atom is -0.454 e. The Bertz CT molecular complexity index is 866. The van der Waals surface area contributed by atoms with Gasteiger partial charge in [0.2, 0.25) is 0 Å². The minimum atomic E-state index is -0.973. The quantitative estimate of drug-likeness (QED) is 0.508. The van der Waals surface area contributed by atoms with Crippen molar-refractivity contribution in [3.05, 3.63) is 71.3 Å². The van der Waals surface area contributed by atoms with E-state index in [0.29, 0.717) is 5.92 Å². The van der Waals surface area contributed by atoms with Crippen molar-refractivity contribution in [3.63, 3.8) is 0 Å². The summed E-state index contributed by atoms with van der Waals surface area (Å²) >= 11 is 0. The molecule has 0 unspecified atom stereocenters. The highest BCUT2D eigenvalue weighted by atomic mass is 16.5. The van der Waals surface area contributed by atoms with Crippen molar-refractivity contribution >= 4 is 17.9 Å². The molecule has 7 nitrogen and oxygen atoms in total. The van der Waals surface area contributed by atoms with Crippen molar-refractivity contribution in [2.24, 2.45) is 11.7 Å². The lowest BCUT2D eigenvalue weighted by molar-refractivity contribution is -0.150. The van der Waals surface area contributed by atoms with Gasteiger partial charge in [0.25, 0.3) is 5.91 Å². The molecule has 0 aliphatic carbocycles. The first-order valence-corrected chi connectivity index (χ1v) is 10.4. The topological polar surface area (TPSA) is 111 Å². The maximum atomic E-state index is 12.4. The number of primary amides is 1. The van der Waals surface area contributed by atoms with E-state index in [9.17, 15) is 14.4 Å². The van der Waals surface area contributed by atoms with Crippen LogP contribution in [0.4, 0.5) is 4.79 Å². The van der Waals surface area contributed by atoms with Gasteiger partial charge in [0.1, 0.15) is 6.04 Å². The first kappa shape index (κ1) is 23.9.